The highest BCUT2D eigenvalue weighted by Crippen LogP contribution is 2.42. The zero-order valence-electron chi connectivity index (χ0n) is 17.5. The van der Waals surface area contributed by atoms with Crippen molar-refractivity contribution in [3.05, 3.63) is 63.5 Å². The summed E-state index contributed by atoms with van der Waals surface area (Å²) in [6.45, 7) is 4.90. The van der Waals surface area contributed by atoms with Crippen LogP contribution in [0.2, 0.25) is 0 Å². The lowest BCUT2D eigenvalue weighted by Crippen LogP contribution is -2.46. The monoisotopic (exact) mass is 499 g/mol. The van der Waals surface area contributed by atoms with E-state index in [1.165, 1.54) is 18.2 Å². The van der Waals surface area contributed by atoms with Crippen LogP contribution in [0.3, 0.4) is 0 Å². The maximum Gasteiger partial charge on any atom is 0.265 e. The number of para-hydroxylation sites is 1. The minimum absolute atomic E-state index is 0.0189. The van der Waals surface area contributed by atoms with Crippen molar-refractivity contribution in [2.45, 2.75) is 30.7 Å². The number of hydrogen-bond donors (Lipinski definition) is 1. The third-order valence-electron chi connectivity index (χ3n) is 5.72. The topological polar surface area (TPSA) is 52.7 Å². The number of carbonyl (C=O) groups excluding carboxylic acids is 2. The fourth-order valence-corrected chi connectivity index (χ4v) is 5.62. The smallest absolute Gasteiger partial charge is 0.265 e. The van der Waals surface area contributed by atoms with Crippen molar-refractivity contribution in [2.75, 3.05) is 31.1 Å². The first-order valence-electron chi connectivity index (χ1n) is 10.6. The number of rotatable bonds is 6. The van der Waals surface area contributed by atoms with E-state index in [-0.39, 0.29) is 18.4 Å². The summed E-state index contributed by atoms with van der Waals surface area (Å²) in [4.78, 5) is 31.7. The van der Waals surface area contributed by atoms with Crippen LogP contribution in [-0.4, -0.2) is 48.9 Å². The molecule has 1 fully saturated rings. The number of halogens is 1. The van der Waals surface area contributed by atoms with Crippen molar-refractivity contribution in [1.82, 2.24) is 10.2 Å². The zero-order valence-corrected chi connectivity index (χ0v) is 19.9. The maximum absolute atomic E-state index is 13.3. The van der Waals surface area contributed by atoms with Crippen molar-refractivity contribution < 1.29 is 9.59 Å². The molecule has 1 atom stereocenters. The molecule has 2 aliphatic heterocycles. The van der Waals surface area contributed by atoms with Crippen LogP contribution in [-0.2, 0) is 9.59 Å². The van der Waals surface area contributed by atoms with Crippen LogP contribution in [0.5, 0.6) is 0 Å². The van der Waals surface area contributed by atoms with Gasteiger partial charge in [-0.2, -0.15) is 0 Å². The molecule has 162 valence electrons. The number of fused-ring (bicyclic) bond motifs is 1. The van der Waals surface area contributed by atoms with E-state index in [1.807, 2.05) is 54.6 Å². The third kappa shape index (κ3) is 5.22. The van der Waals surface area contributed by atoms with E-state index < -0.39 is 0 Å². The molecule has 7 heteroatoms. The molecule has 2 heterocycles. The van der Waals surface area contributed by atoms with Gasteiger partial charge in [0.25, 0.3) is 5.91 Å². The average molecular weight is 500 g/mol. The van der Waals surface area contributed by atoms with Crippen LogP contribution in [0.1, 0.15) is 25.3 Å². The Morgan fingerprint density at radius 2 is 2.10 bits per heavy atom. The number of nitrogens with zero attached hydrogens (tertiary/aromatic N) is 2. The highest BCUT2D eigenvalue weighted by molar-refractivity contribution is 9.10. The van der Waals surface area contributed by atoms with Gasteiger partial charge in [-0.3, -0.25) is 19.4 Å². The van der Waals surface area contributed by atoms with E-state index in [4.69, 9.17) is 0 Å². The first-order chi connectivity index (χ1) is 15.0. The Hall–Kier alpha value is -2.09. The molecule has 5 nitrogen and oxygen atoms in total. The lowest BCUT2D eigenvalue weighted by Gasteiger charge is -2.30. The Morgan fingerprint density at radius 3 is 2.90 bits per heavy atom. The van der Waals surface area contributed by atoms with Gasteiger partial charge in [0.15, 0.2) is 0 Å². The summed E-state index contributed by atoms with van der Waals surface area (Å²) in [6.07, 6.45) is 4.17. The molecule has 0 radical (unpaired) electrons. The van der Waals surface area contributed by atoms with Gasteiger partial charge in [-0.15, -0.1) is 0 Å². The molecule has 2 aromatic rings. The summed E-state index contributed by atoms with van der Waals surface area (Å²) in [6, 6.07) is 16.0. The Balaban J connectivity index is 1.51. The van der Waals surface area contributed by atoms with Crippen molar-refractivity contribution in [3.63, 3.8) is 0 Å². The molecular weight excluding hydrogens is 474 g/mol. The van der Waals surface area contributed by atoms with Gasteiger partial charge in [0.1, 0.15) is 6.54 Å². The molecule has 0 bridgehead atoms. The van der Waals surface area contributed by atoms with Crippen LogP contribution < -0.4 is 10.2 Å². The van der Waals surface area contributed by atoms with E-state index in [0.717, 1.165) is 40.1 Å². The predicted octanol–water partition coefficient (Wildman–Crippen LogP) is 4.53. The van der Waals surface area contributed by atoms with Gasteiger partial charge in [0, 0.05) is 22.0 Å². The second-order valence-electron chi connectivity index (χ2n) is 7.75. The SMILES string of the molecule is CCN1CCC[C@H]1CNC(=O)CN1C(=O)/C(=C\c2cccc(Br)c2)Sc2ccccc21. The number of likely N-dealkylation sites (tertiary alicyclic amines) is 1. The van der Waals surface area contributed by atoms with Crippen molar-refractivity contribution >= 4 is 51.3 Å². The van der Waals surface area contributed by atoms with E-state index in [2.05, 4.69) is 33.1 Å². The number of nitrogens with one attached hydrogen (secondary N) is 1. The minimum Gasteiger partial charge on any atom is -0.353 e. The van der Waals surface area contributed by atoms with E-state index in [1.54, 1.807) is 4.90 Å². The number of amides is 2. The van der Waals surface area contributed by atoms with Gasteiger partial charge in [-0.1, -0.05) is 58.9 Å². The second-order valence-corrected chi connectivity index (χ2v) is 9.75. The molecule has 4 rings (SSSR count). The Morgan fingerprint density at radius 1 is 1.26 bits per heavy atom. The van der Waals surface area contributed by atoms with Gasteiger partial charge in [0.05, 0.1) is 10.6 Å². The van der Waals surface area contributed by atoms with Crippen molar-refractivity contribution in [2.24, 2.45) is 0 Å². The highest BCUT2D eigenvalue weighted by atomic mass is 79.9. The molecule has 2 aromatic carbocycles. The summed E-state index contributed by atoms with van der Waals surface area (Å²) in [5.41, 5.74) is 1.73. The summed E-state index contributed by atoms with van der Waals surface area (Å²) < 4.78 is 0.958. The third-order valence-corrected chi connectivity index (χ3v) is 7.29. The standard InChI is InChI=1S/C24H26BrN3O2S/c1-2-27-12-6-9-19(27)15-26-23(29)16-28-20-10-3-4-11-21(20)31-22(24(28)30)14-17-7-5-8-18(25)13-17/h3-5,7-8,10-11,13-14,19H,2,6,9,12,15-16H2,1H3,(H,26,29)/b22-14+/t19-/m0/s1. The van der Waals surface area contributed by atoms with Gasteiger partial charge in [-0.05, 0) is 61.8 Å². The molecular formula is C24H26BrN3O2S. The number of thioether (sulfide) groups is 1. The molecule has 0 saturated carbocycles. The van der Waals surface area contributed by atoms with Crippen LogP contribution in [0.4, 0.5) is 5.69 Å². The largest absolute Gasteiger partial charge is 0.353 e. The molecule has 2 aliphatic rings. The number of hydrogen-bond acceptors (Lipinski definition) is 4. The Labute approximate surface area is 196 Å². The molecule has 0 unspecified atom stereocenters. The molecule has 1 N–H and O–H groups in total. The molecule has 2 amide bonds. The lowest BCUT2D eigenvalue weighted by molar-refractivity contribution is -0.122. The van der Waals surface area contributed by atoms with Gasteiger partial charge in [-0.25, -0.2) is 0 Å². The number of likely N-dealkylation sites (N-methyl/N-ethyl adjacent to an activating group) is 1. The Kier molecular flexibility index (Phi) is 7.15. The quantitative estimate of drug-likeness (QED) is 0.593. The fraction of sp³-hybridized carbons (Fsp3) is 0.333. The number of anilines is 1. The molecule has 0 spiro atoms. The summed E-state index contributed by atoms with van der Waals surface area (Å²) in [7, 11) is 0. The number of benzene rings is 2. The normalized spacial score (nSPS) is 20.2. The average Bonchev–Trinajstić information content (AvgIpc) is 3.23. The van der Waals surface area contributed by atoms with Gasteiger partial charge in [0.2, 0.25) is 5.91 Å². The highest BCUT2D eigenvalue weighted by Gasteiger charge is 2.31. The minimum atomic E-state index is -0.144. The fourth-order valence-electron chi connectivity index (χ4n) is 4.14. The van der Waals surface area contributed by atoms with E-state index in [0.29, 0.717) is 17.5 Å². The molecule has 1 saturated heterocycles. The first-order valence-corrected chi connectivity index (χ1v) is 12.2. The van der Waals surface area contributed by atoms with Crippen LogP contribution in [0.25, 0.3) is 6.08 Å². The maximum atomic E-state index is 13.3. The van der Waals surface area contributed by atoms with E-state index in [9.17, 15) is 9.59 Å². The summed E-state index contributed by atoms with van der Waals surface area (Å²) in [5, 5.41) is 3.05. The second kappa shape index (κ2) is 10.0. The summed E-state index contributed by atoms with van der Waals surface area (Å²) in [5.74, 6) is -0.269. The lowest BCUT2D eigenvalue weighted by atomic mass is 10.2. The molecule has 0 aliphatic carbocycles. The number of carbonyl (C=O) groups is 2. The predicted molar refractivity (Wildman–Crippen MR) is 130 cm³/mol. The first kappa shape index (κ1) is 22.1. The van der Waals surface area contributed by atoms with E-state index >= 15 is 0 Å². The summed E-state index contributed by atoms with van der Waals surface area (Å²) >= 11 is 4.93. The zero-order chi connectivity index (χ0) is 21.8. The van der Waals surface area contributed by atoms with Gasteiger partial charge < -0.3 is 5.32 Å². The molecule has 0 aromatic heterocycles. The van der Waals surface area contributed by atoms with Crippen molar-refractivity contribution in [3.8, 4) is 0 Å². The van der Waals surface area contributed by atoms with Crippen molar-refractivity contribution in [1.29, 1.82) is 0 Å². The van der Waals surface area contributed by atoms with Crippen LogP contribution in [0.15, 0.2) is 62.8 Å². The van der Waals surface area contributed by atoms with Crippen LogP contribution in [0, 0.1) is 0 Å². The van der Waals surface area contributed by atoms with Crippen LogP contribution >= 0.6 is 27.7 Å². The van der Waals surface area contributed by atoms with Gasteiger partial charge >= 0.3 is 0 Å². The molecule has 31 heavy (non-hydrogen) atoms. The Bertz CT molecular complexity index is 1010.